The van der Waals surface area contributed by atoms with E-state index >= 15 is 0 Å². The maximum atomic E-state index is 2.45. The first-order valence-electron chi connectivity index (χ1n) is 23.2. The molecule has 0 saturated heterocycles. The van der Waals surface area contributed by atoms with Gasteiger partial charge >= 0.3 is 0 Å². The standard InChI is InChI=1S/C64H44N2/c1-63(2)55-23-11-6-18-47(55)51-35-33-45(39-60(51)63)65(46-34-36-53-52-22-10-15-27-61(52)66(62(53)40-46)43-16-4-3-5-17-43)44-31-28-41(29-32-44)42-30-37-59-54(38-42)50-21-9-14-26-58(50)64(59)56-24-12-7-19-48(56)49-20-8-13-25-57(49)64/h3-40H,1-2H3. The Morgan fingerprint density at radius 3 is 1.50 bits per heavy atom. The lowest BCUT2D eigenvalue weighted by Gasteiger charge is -2.30. The van der Waals surface area contributed by atoms with Crippen LogP contribution >= 0.6 is 0 Å². The Morgan fingerprint density at radius 2 is 0.803 bits per heavy atom. The molecule has 0 unspecified atom stereocenters. The summed E-state index contributed by atoms with van der Waals surface area (Å²) < 4.78 is 2.41. The van der Waals surface area contributed by atoms with Crippen molar-refractivity contribution in [2.75, 3.05) is 4.90 Å². The maximum absolute atomic E-state index is 2.45. The highest BCUT2D eigenvalue weighted by molar-refractivity contribution is 6.10. The van der Waals surface area contributed by atoms with Gasteiger partial charge in [0, 0.05) is 38.9 Å². The van der Waals surface area contributed by atoms with Crippen LogP contribution in [0.25, 0.3) is 72.0 Å². The highest BCUT2D eigenvalue weighted by atomic mass is 15.1. The molecule has 0 radical (unpaired) electrons. The van der Waals surface area contributed by atoms with Gasteiger partial charge in [0.1, 0.15) is 0 Å². The van der Waals surface area contributed by atoms with Crippen LogP contribution in [-0.2, 0) is 10.8 Å². The van der Waals surface area contributed by atoms with Crippen LogP contribution in [0.5, 0.6) is 0 Å². The smallest absolute Gasteiger partial charge is 0.0725 e. The quantitative estimate of drug-likeness (QED) is 0.168. The van der Waals surface area contributed by atoms with Gasteiger partial charge in [0.25, 0.3) is 0 Å². The van der Waals surface area contributed by atoms with Gasteiger partial charge in [-0.25, -0.2) is 0 Å². The fraction of sp³-hybridized carbons (Fsp3) is 0.0625. The van der Waals surface area contributed by atoms with Crippen molar-refractivity contribution in [3.63, 3.8) is 0 Å². The second kappa shape index (κ2) is 13.7. The zero-order valence-electron chi connectivity index (χ0n) is 36.8. The van der Waals surface area contributed by atoms with Gasteiger partial charge in [0.2, 0.25) is 0 Å². The van der Waals surface area contributed by atoms with Crippen LogP contribution in [-0.4, -0.2) is 4.57 Å². The van der Waals surface area contributed by atoms with Gasteiger partial charge in [-0.2, -0.15) is 0 Å². The van der Waals surface area contributed by atoms with Crippen molar-refractivity contribution in [3.05, 3.63) is 264 Å². The number of hydrogen-bond donors (Lipinski definition) is 0. The molecule has 1 heterocycles. The van der Waals surface area contributed by atoms with Crippen molar-refractivity contribution in [3.8, 4) is 50.2 Å². The Balaban J connectivity index is 0.926. The van der Waals surface area contributed by atoms with Crippen molar-refractivity contribution in [1.29, 1.82) is 0 Å². The first-order chi connectivity index (χ1) is 32.5. The summed E-state index contributed by atoms with van der Waals surface area (Å²) in [5.41, 5.74) is 25.0. The van der Waals surface area contributed by atoms with E-state index in [1.807, 2.05) is 0 Å². The Kier molecular flexibility index (Phi) is 7.70. The summed E-state index contributed by atoms with van der Waals surface area (Å²) in [7, 11) is 0. The lowest BCUT2D eigenvalue weighted by molar-refractivity contribution is 0.660. The summed E-state index contributed by atoms with van der Waals surface area (Å²) >= 11 is 0. The molecule has 14 rings (SSSR count). The van der Waals surface area contributed by atoms with Gasteiger partial charge in [-0.3, -0.25) is 0 Å². The van der Waals surface area contributed by atoms with Gasteiger partial charge in [-0.05, 0) is 139 Å². The summed E-state index contributed by atoms with van der Waals surface area (Å²) in [6.07, 6.45) is 0. The molecule has 0 amide bonds. The van der Waals surface area contributed by atoms with Gasteiger partial charge in [-0.15, -0.1) is 0 Å². The van der Waals surface area contributed by atoms with Crippen LogP contribution in [0, 0.1) is 0 Å². The lowest BCUT2D eigenvalue weighted by atomic mass is 9.70. The van der Waals surface area contributed by atoms with Gasteiger partial charge in [0.15, 0.2) is 0 Å². The molecule has 66 heavy (non-hydrogen) atoms. The molecule has 0 fully saturated rings. The van der Waals surface area contributed by atoms with E-state index in [-0.39, 0.29) is 10.8 Å². The Morgan fingerprint density at radius 1 is 0.318 bits per heavy atom. The number of nitrogens with zero attached hydrogens (tertiary/aromatic N) is 2. The molecule has 0 saturated carbocycles. The average molecular weight is 841 g/mol. The molecule has 310 valence electrons. The Bertz CT molecular complexity index is 3750. The molecule has 2 nitrogen and oxygen atoms in total. The summed E-state index contributed by atoms with van der Waals surface area (Å²) in [6.45, 7) is 4.73. The van der Waals surface area contributed by atoms with Crippen molar-refractivity contribution in [2.24, 2.45) is 0 Å². The Labute approximate surface area is 385 Å². The van der Waals surface area contributed by atoms with E-state index in [1.165, 1.54) is 99.7 Å². The predicted octanol–water partition coefficient (Wildman–Crippen LogP) is 16.6. The van der Waals surface area contributed by atoms with E-state index < -0.39 is 0 Å². The van der Waals surface area contributed by atoms with Crippen molar-refractivity contribution in [2.45, 2.75) is 24.7 Å². The van der Waals surface area contributed by atoms with E-state index in [1.54, 1.807) is 0 Å². The lowest BCUT2D eigenvalue weighted by Crippen LogP contribution is -2.25. The van der Waals surface area contributed by atoms with E-state index in [4.69, 9.17) is 0 Å². The normalized spacial score (nSPS) is 14.2. The third-order valence-corrected chi connectivity index (χ3v) is 15.2. The first kappa shape index (κ1) is 37.2. The van der Waals surface area contributed by atoms with E-state index in [0.29, 0.717) is 0 Å². The molecular formula is C64H44N2. The first-order valence-corrected chi connectivity index (χ1v) is 23.2. The second-order valence-electron chi connectivity index (χ2n) is 18.8. The van der Waals surface area contributed by atoms with Gasteiger partial charge < -0.3 is 9.47 Å². The molecule has 1 aromatic heterocycles. The summed E-state index contributed by atoms with van der Waals surface area (Å²) in [4.78, 5) is 2.45. The minimum absolute atomic E-state index is 0.130. The summed E-state index contributed by atoms with van der Waals surface area (Å²) in [5, 5.41) is 2.49. The monoisotopic (exact) mass is 840 g/mol. The fourth-order valence-electron chi connectivity index (χ4n) is 12.3. The van der Waals surface area contributed by atoms with E-state index in [9.17, 15) is 0 Å². The fourth-order valence-corrected chi connectivity index (χ4v) is 12.3. The predicted molar refractivity (Wildman–Crippen MR) is 275 cm³/mol. The third kappa shape index (κ3) is 4.96. The maximum Gasteiger partial charge on any atom is 0.0725 e. The van der Waals surface area contributed by atoms with Crippen LogP contribution < -0.4 is 4.90 Å². The third-order valence-electron chi connectivity index (χ3n) is 15.2. The zero-order chi connectivity index (χ0) is 43.7. The largest absolute Gasteiger partial charge is 0.310 e. The van der Waals surface area contributed by atoms with Crippen LogP contribution in [0.15, 0.2) is 231 Å². The number of benzene rings is 10. The van der Waals surface area contributed by atoms with Crippen molar-refractivity contribution < 1.29 is 0 Å². The van der Waals surface area contributed by atoms with Crippen LogP contribution in [0.4, 0.5) is 17.1 Å². The van der Waals surface area contributed by atoms with Crippen LogP contribution in [0.2, 0.25) is 0 Å². The van der Waals surface area contributed by atoms with E-state index in [0.717, 1.165) is 22.7 Å². The highest BCUT2D eigenvalue weighted by Crippen LogP contribution is 2.63. The van der Waals surface area contributed by atoms with Gasteiger partial charge in [0.05, 0.1) is 16.4 Å². The number of fused-ring (bicyclic) bond motifs is 16. The molecule has 0 atom stereocenters. The molecule has 3 aliphatic carbocycles. The zero-order valence-corrected chi connectivity index (χ0v) is 36.8. The molecule has 0 aliphatic heterocycles. The number of para-hydroxylation sites is 2. The van der Waals surface area contributed by atoms with Crippen molar-refractivity contribution in [1.82, 2.24) is 4.57 Å². The molecule has 3 aliphatic rings. The number of rotatable bonds is 5. The van der Waals surface area contributed by atoms with E-state index in [2.05, 4.69) is 254 Å². The average Bonchev–Trinajstić information content (AvgIpc) is 4.04. The molecule has 0 bridgehead atoms. The second-order valence-corrected chi connectivity index (χ2v) is 18.8. The highest BCUT2D eigenvalue weighted by Gasteiger charge is 2.51. The van der Waals surface area contributed by atoms with Crippen LogP contribution in [0.3, 0.4) is 0 Å². The summed E-state index contributed by atoms with van der Waals surface area (Å²) in [6, 6.07) is 86.1. The van der Waals surface area contributed by atoms with Crippen LogP contribution in [0.1, 0.15) is 47.2 Å². The SMILES string of the molecule is CC1(C)c2ccccc2-c2ccc(N(c3ccc(-c4ccc5c(c4)-c4ccccc4C54c5ccccc5-c5ccccc54)cc3)c3ccc4c5ccccc5n(-c5ccccc5)c4c3)cc21. The molecule has 2 heteroatoms. The molecule has 10 aromatic carbocycles. The minimum Gasteiger partial charge on any atom is -0.310 e. The topological polar surface area (TPSA) is 8.17 Å². The molecule has 0 N–H and O–H groups in total. The molecule has 11 aromatic rings. The number of hydrogen-bond acceptors (Lipinski definition) is 1. The molecule has 1 spiro atoms. The summed E-state index contributed by atoms with van der Waals surface area (Å²) in [5.74, 6) is 0. The number of anilines is 3. The van der Waals surface area contributed by atoms with Gasteiger partial charge in [-0.1, -0.05) is 184 Å². The van der Waals surface area contributed by atoms with Crippen molar-refractivity contribution >= 4 is 38.9 Å². The molecular weight excluding hydrogens is 797 g/mol. The number of aromatic nitrogens is 1. The Hall–Kier alpha value is -8.20. The minimum atomic E-state index is -0.346.